The molecule has 0 aliphatic heterocycles. The van der Waals surface area contributed by atoms with E-state index < -0.39 is 17.1 Å². The first kappa shape index (κ1) is 32.4. The van der Waals surface area contributed by atoms with Crippen molar-refractivity contribution in [3.8, 4) is 0 Å². The van der Waals surface area contributed by atoms with Crippen molar-refractivity contribution in [1.82, 2.24) is 15.6 Å². The summed E-state index contributed by atoms with van der Waals surface area (Å²) in [5.41, 5.74) is 1.02. The second-order valence-corrected chi connectivity index (χ2v) is 10.3. The third-order valence-corrected chi connectivity index (χ3v) is 7.05. The quantitative estimate of drug-likeness (QED) is 0.0710. The summed E-state index contributed by atoms with van der Waals surface area (Å²) in [6.45, 7) is 1.87. The van der Waals surface area contributed by atoms with Crippen LogP contribution in [0.2, 0.25) is 0 Å². The summed E-state index contributed by atoms with van der Waals surface area (Å²) in [7, 11) is 0. The summed E-state index contributed by atoms with van der Waals surface area (Å²) in [6, 6.07) is 2.21. The third kappa shape index (κ3) is 12.3. The predicted octanol–water partition coefficient (Wildman–Crippen LogP) is 5.94. The van der Waals surface area contributed by atoms with Gasteiger partial charge in [-0.25, -0.2) is 4.63 Å². The summed E-state index contributed by atoms with van der Waals surface area (Å²) < 4.78 is 4.67. The van der Waals surface area contributed by atoms with E-state index in [4.69, 9.17) is 0 Å². The zero-order valence-electron chi connectivity index (χ0n) is 23.4. The average Bonchev–Trinajstić information content (AvgIpc) is 3.42. The molecule has 1 aromatic carbocycles. The number of fused-ring (bicyclic) bond motifs is 1. The molecule has 0 fully saturated rings. The number of aryl methyl sites for hydroxylation is 1. The number of amides is 1. The molecule has 1 aromatic heterocycles. The second-order valence-electron chi connectivity index (χ2n) is 10.3. The Labute approximate surface area is 231 Å². The normalized spacial score (nSPS) is 13.2. The number of aliphatic hydroxyl groups excluding tert-OH is 2. The van der Waals surface area contributed by atoms with Crippen LogP contribution in [0, 0.1) is 10.1 Å². The van der Waals surface area contributed by atoms with Gasteiger partial charge in [0.05, 0.1) is 23.7 Å². The molecule has 0 aliphatic rings. The lowest BCUT2D eigenvalue weighted by Gasteiger charge is -2.20. The lowest BCUT2D eigenvalue weighted by molar-refractivity contribution is -0.383. The number of rotatable bonds is 22. The molecule has 0 radical (unpaired) electrons. The molecule has 0 aliphatic carbocycles. The summed E-state index contributed by atoms with van der Waals surface area (Å²) >= 11 is 0. The van der Waals surface area contributed by atoms with Gasteiger partial charge < -0.3 is 15.5 Å². The highest BCUT2D eigenvalue weighted by Crippen LogP contribution is 2.26. The maximum absolute atomic E-state index is 12.3. The van der Waals surface area contributed by atoms with Gasteiger partial charge in [-0.2, -0.15) is 0 Å². The topological polar surface area (TPSA) is 152 Å². The van der Waals surface area contributed by atoms with E-state index in [2.05, 4.69) is 27.2 Å². The summed E-state index contributed by atoms with van der Waals surface area (Å²) in [6.07, 6.45) is 19.8. The first-order valence-electron chi connectivity index (χ1n) is 14.6. The lowest BCUT2D eigenvalue weighted by Crippen LogP contribution is -2.45. The Balaban J connectivity index is 1.58. The van der Waals surface area contributed by atoms with Crippen molar-refractivity contribution in [3.05, 3.63) is 40.0 Å². The molecular formula is C29H46N4O6. The molecule has 1 heterocycles. The van der Waals surface area contributed by atoms with Crippen LogP contribution in [0.4, 0.5) is 5.69 Å². The van der Waals surface area contributed by atoms with Crippen LogP contribution in [-0.4, -0.2) is 50.1 Å². The van der Waals surface area contributed by atoms with Crippen LogP contribution in [0.25, 0.3) is 11.0 Å². The van der Waals surface area contributed by atoms with Gasteiger partial charge in [0.1, 0.15) is 5.52 Å². The zero-order chi connectivity index (χ0) is 28.3. The SMILES string of the molecule is CCCCCCCCCCCCCCCC(=O)N[C@@H](CO)[C@H](O)/C=C/CCc1ccc([N+](=O)[O-])c2nonc12. The number of nitro groups is 1. The number of nitrogens with one attached hydrogen (secondary N) is 1. The van der Waals surface area contributed by atoms with E-state index in [0.717, 1.165) is 24.8 Å². The van der Waals surface area contributed by atoms with E-state index in [1.807, 2.05) is 0 Å². The van der Waals surface area contributed by atoms with Crippen molar-refractivity contribution in [1.29, 1.82) is 0 Å². The van der Waals surface area contributed by atoms with Crippen LogP contribution in [0.3, 0.4) is 0 Å². The molecule has 0 saturated heterocycles. The van der Waals surface area contributed by atoms with Crippen LogP contribution >= 0.6 is 0 Å². The predicted molar refractivity (Wildman–Crippen MR) is 151 cm³/mol. The number of hydrogen-bond acceptors (Lipinski definition) is 8. The summed E-state index contributed by atoms with van der Waals surface area (Å²) in [4.78, 5) is 22.9. The van der Waals surface area contributed by atoms with Crippen LogP contribution in [0.15, 0.2) is 28.9 Å². The molecule has 3 N–H and O–H groups in total. The van der Waals surface area contributed by atoms with Crippen LogP contribution in [0.1, 0.15) is 109 Å². The molecule has 2 rings (SSSR count). The Kier molecular flexibility index (Phi) is 16.0. The number of carbonyl (C=O) groups is 1. The molecule has 0 saturated carbocycles. The number of unbranched alkanes of at least 4 members (excludes halogenated alkanes) is 12. The fourth-order valence-electron chi connectivity index (χ4n) is 4.68. The number of benzene rings is 1. The molecule has 2 atom stereocenters. The van der Waals surface area contributed by atoms with Gasteiger partial charge in [-0.15, -0.1) is 0 Å². The van der Waals surface area contributed by atoms with Gasteiger partial charge in [-0.05, 0) is 41.2 Å². The smallest absolute Gasteiger partial charge is 0.300 e. The highest BCUT2D eigenvalue weighted by atomic mass is 16.6. The highest BCUT2D eigenvalue weighted by Gasteiger charge is 2.20. The van der Waals surface area contributed by atoms with Crippen molar-refractivity contribution in [2.45, 2.75) is 122 Å². The lowest BCUT2D eigenvalue weighted by atomic mass is 10.0. The van der Waals surface area contributed by atoms with E-state index in [1.54, 1.807) is 12.1 Å². The highest BCUT2D eigenvalue weighted by molar-refractivity contribution is 5.85. The summed E-state index contributed by atoms with van der Waals surface area (Å²) in [5.74, 6) is -0.170. The van der Waals surface area contributed by atoms with Gasteiger partial charge in [-0.1, -0.05) is 96.1 Å². The molecule has 2 aromatic rings. The largest absolute Gasteiger partial charge is 0.394 e. The minimum atomic E-state index is -1.03. The molecule has 10 heteroatoms. The van der Waals surface area contributed by atoms with Crippen LogP contribution < -0.4 is 5.32 Å². The Hall–Kier alpha value is -2.85. The van der Waals surface area contributed by atoms with Crippen molar-refractivity contribution >= 4 is 22.6 Å². The van der Waals surface area contributed by atoms with Crippen molar-refractivity contribution < 1.29 is 24.6 Å². The molecule has 10 nitrogen and oxygen atoms in total. The zero-order valence-corrected chi connectivity index (χ0v) is 23.4. The van der Waals surface area contributed by atoms with Gasteiger partial charge in [0, 0.05) is 12.5 Å². The van der Waals surface area contributed by atoms with Crippen molar-refractivity contribution in [2.24, 2.45) is 0 Å². The summed E-state index contributed by atoms with van der Waals surface area (Å²) in [5, 5.41) is 41.3. The Morgan fingerprint density at radius 1 is 1.00 bits per heavy atom. The number of aromatic nitrogens is 2. The molecule has 0 bridgehead atoms. The first-order chi connectivity index (χ1) is 19.0. The second kappa shape index (κ2) is 19.2. The molecule has 0 spiro atoms. The van der Waals surface area contributed by atoms with Gasteiger partial charge >= 0.3 is 5.69 Å². The minimum Gasteiger partial charge on any atom is -0.394 e. The Morgan fingerprint density at radius 3 is 2.18 bits per heavy atom. The average molecular weight is 547 g/mol. The number of nitro benzene ring substituents is 1. The van der Waals surface area contributed by atoms with E-state index in [9.17, 15) is 25.1 Å². The van der Waals surface area contributed by atoms with Crippen molar-refractivity contribution in [2.75, 3.05) is 6.61 Å². The Bertz CT molecular complexity index is 1010. The number of non-ortho nitro benzene ring substituents is 1. The number of nitrogens with zero attached hydrogens (tertiary/aromatic N) is 3. The maximum atomic E-state index is 12.3. The minimum absolute atomic E-state index is 0.105. The van der Waals surface area contributed by atoms with Gasteiger partial charge in [0.25, 0.3) is 0 Å². The van der Waals surface area contributed by atoms with E-state index >= 15 is 0 Å². The van der Waals surface area contributed by atoms with Crippen molar-refractivity contribution in [3.63, 3.8) is 0 Å². The fraction of sp³-hybridized carbons (Fsp3) is 0.690. The van der Waals surface area contributed by atoms with E-state index in [1.165, 1.54) is 76.4 Å². The maximum Gasteiger partial charge on any atom is 0.300 e. The molecule has 0 unspecified atom stereocenters. The van der Waals surface area contributed by atoms with E-state index in [0.29, 0.717) is 24.8 Å². The third-order valence-electron chi connectivity index (χ3n) is 7.05. The number of aliphatic hydroxyl groups is 2. The monoisotopic (exact) mass is 546 g/mol. The molecule has 39 heavy (non-hydrogen) atoms. The van der Waals surface area contributed by atoms with E-state index in [-0.39, 0.29) is 23.7 Å². The fourth-order valence-corrected chi connectivity index (χ4v) is 4.68. The molecular weight excluding hydrogens is 500 g/mol. The van der Waals surface area contributed by atoms with Crippen LogP contribution in [0.5, 0.6) is 0 Å². The van der Waals surface area contributed by atoms with Gasteiger partial charge in [-0.3, -0.25) is 14.9 Å². The number of hydrogen-bond donors (Lipinski definition) is 3. The number of carbonyl (C=O) groups excluding carboxylic acids is 1. The Morgan fingerprint density at radius 2 is 1.59 bits per heavy atom. The number of allylic oxidation sites excluding steroid dienone is 1. The van der Waals surface area contributed by atoms with Crippen LogP contribution in [-0.2, 0) is 11.2 Å². The van der Waals surface area contributed by atoms with Gasteiger partial charge in [0.15, 0.2) is 0 Å². The molecule has 1 amide bonds. The first-order valence-corrected chi connectivity index (χ1v) is 14.6. The molecule has 218 valence electrons. The standard InChI is InChI=1S/C29H46N4O6/c1-2-3-4-5-6-7-8-9-10-11-12-13-14-19-27(36)30-24(22-34)26(35)18-16-15-17-23-20-21-25(33(37)38)29-28(23)31-39-32-29/h16,18,20-21,24,26,34-35H,2-15,17,19,22H2,1H3,(H,30,36)/b18-16+/t24-,26+/m0/s1. The van der Waals surface area contributed by atoms with Gasteiger partial charge in [0.2, 0.25) is 11.4 Å².